The second kappa shape index (κ2) is 6.41. The average molecular weight is 155 g/mol. The normalized spacial score (nSPS) is 14.6. The fraction of sp³-hybridized carbons (Fsp3) is 0.800. The standard InChI is InChI=1S/C10H21N/c1-9(2)6-7-10(3)5-4-8-11/h6-7,9-10H,4-5,8,11H2,1-3H3. The van der Waals surface area contributed by atoms with Crippen molar-refractivity contribution in [2.24, 2.45) is 17.6 Å². The van der Waals surface area contributed by atoms with Crippen LogP contribution in [0.2, 0.25) is 0 Å². The summed E-state index contributed by atoms with van der Waals surface area (Å²) in [5.41, 5.74) is 5.41. The first kappa shape index (κ1) is 10.7. The van der Waals surface area contributed by atoms with Crippen molar-refractivity contribution in [1.29, 1.82) is 0 Å². The van der Waals surface area contributed by atoms with E-state index in [2.05, 4.69) is 32.9 Å². The van der Waals surface area contributed by atoms with Crippen molar-refractivity contribution >= 4 is 0 Å². The van der Waals surface area contributed by atoms with Crippen LogP contribution in [0.5, 0.6) is 0 Å². The molecule has 11 heavy (non-hydrogen) atoms. The van der Waals surface area contributed by atoms with E-state index in [1.165, 1.54) is 6.42 Å². The highest BCUT2D eigenvalue weighted by Gasteiger charge is 1.95. The zero-order valence-corrected chi connectivity index (χ0v) is 8.01. The molecule has 0 bridgehead atoms. The van der Waals surface area contributed by atoms with Gasteiger partial charge in [0.05, 0.1) is 0 Å². The molecular formula is C10H21N. The summed E-state index contributed by atoms with van der Waals surface area (Å²) in [6.07, 6.45) is 6.92. The third-order valence-electron chi connectivity index (χ3n) is 1.69. The molecule has 0 saturated heterocycles. The molecule has 0 aliphatic carbocycles. The summed E-state index contributed by atoms with van der Waals surface area (Å²) in [5, 5.41) is 0. The largest absolute Gasteiger partial charge is 0.330 e. The minimum atomic E-state index is 0.676. The van der Waals surface area contributed by atoms with E-state index in [-0.39, 0.29) is 0 Å². The van der Waals surface area contributed by atoms with E-state index in [1.807, 2.05) is 0 Å². The molecule has 0 fully saturated rings. The lowest BCUT2D eigenvalue weighted by molar-refractivity contribution is 0.608. The van der Waals surface area contributed by atoms with Gasteiger partial charge in [0.15, 0.2) is 0 Å². The van der Waals surface area contributed by atoms with Gasteiger partial charge in [-0.25, -0.2) is 0 Å². The first-order valence-corrected chi connectivity index (χ1v) is 4.55. The first-order chi connectivity index (χ1) is 5.16. The molecule has 0 aromatic rings. The molecule has 0 radical (unpaired) electrons. The van der Waals surface area contributed by atoms with Crippen molar-refractivity contribution < 1.29 is 0 Å². The van der Waals surface area contributed by atoms with E-state index in [4.69, 9.17) is 5.73 Å². The monoisotopic (exact) mass is 155 g/mol. The van der Waals surface area contributed by atoms with Crippen LogP contribution in [-0.4, -0.2) is 6.54 Å². The summed E-state index contributed by atoms with van der Waals surface area (Å²) >= 11 is 0. The zero-order chi connectivity index (χ0) is 8.69. The molecule has 0 rings (SSSR count). The highest BCUT2D eigenvalue weighted by molar-refractivity contribution is 4.88. The molecule has 0 aliphatic heterocycles. The molecule has 0 aliphatic rings. The van der Waals surface area contributed by atoms with Gasteiger partial charge in [0.2, 0.25) is 0 Å². The van der Waals surface area contributed by atoms with E-state index >= 15 is 0 Å². The summed E-state index contributed by atoms with van der Waals surface area (Å²) in [5.74, 6) is 1.37. The minimum Gasteiger partial charge on any atom is -0.330 e. The number of hydrogen-bond donors (Lipinski definition) is 1. The van der Waals surface area contributed by atoms with Crippen molar-refractivity contribution in [2.45, 2.75) is 33.6 Å². The quantitative estimate of drug-likeness (QED) is 0.607. The highest BCUT2D eigenvalue weighted by Crippen LogP contribution is 2.07. The molecule has 1 atom stereocenters. The van der Waals surface area contributed by atoms with Gasteiger partial charge in [-0.3, -0.25) is 0 Å². The lowest BCUT2D eigenvalue weighted by Gasteiger charge is -2.04. The van der Waals surface area contributed by atoms with Gasteiger partial charge in [0.1, 0.15) is 0 Å². The lowest BCUT2D eigenvalue weighted by atomic mass is 10.0. The summed E-state index contributed by atoms with van der Waals surface area (Å²) in [7, 11) is 0. The molecule has 66 valence electrons. The third-order valence-corrected chi connectivity index (χ3v) is 1.69. The maximum atomic E-state index is 5.41. The Balaban J connectivity index is 3.42. The third kappa shape index (κ3) is 7.60. The number of allylic oxidation sites excluding steroid dienone is 2. The fourth-order valence-corrected chi connectivity index (χ4v) is 0.948. The topological polar surface area (TPSA) is 26.0 Å². The predicted molar refractivity (Wildman–Crippen MR) is 51.4 cm³/mol. The number of hydrogen-bond acceptors (Lipinski definition) is 1. The van der Waals surface area contributed by atoms with Gasteiger partial charge in [-0.05, 0) is 31.2 Å². The average Bonchev–Trinajstić information content (AvgIpc) is 1.97. The van der Waals surface area contributed by atoms with E-state index in [1.54, 1.807) is 0 Å². The molecule has 0 heterocycles. The minimum absolute atomic E-state index is 0.676. The lowest BCUT2D eigenvalue weighted by Crippen LogP contribution is -2.01. The van der Waals surface area contributed by atoms with E-state index in [0.717, 1.165) is 13.0 Å². The van der Waals surface area contributed by atoms with Crippen LogP contribution in [0, 0.1) is 11.8 Å². The first-order valence-electron chi connectivity index (χ1n) is 4.55. The molecule has 1 unspecified atom stereocenters. The molecule has 0 spiro atoms. The Morgan fingerprint density at radius 1 is 1.18 bits per heavy atom. The van der Waals surface area contributed by atoms with Gasteiger partial charge in [-0.1, -0.05) is 32.9 Å². The molecule has 0 aromatic heterocycles. The number of nitrogens with two attached hydrogens (primary N) is 1. The van der Waals surface area contributed by atoms with Gasteiger partial charge >= 0.3 is 0 Å². The zero-order valence-electron chi connectivity index (χ0n) is 8.01. The summed E-state index contributed by atoms with van der Waals surface area (Å²) < 4.78 is 0. The van der Waals surface area contributed by atoms with Gasteiger partial charge in [0.25, 0.3) is 0 Å². The predicted octanol–water partition coefficient (Wildman–Crippen LogP) is 2.57. The Kier molecular flexibility index (Phi) is 6.24. The van der Waals surface area contributed by atoms with E-state index in [9.17, 15) is 0 Å². The van der Waals surface area contributed by atoms with Crippen LogP contribution in [0.3, 0.4) is 0 Å². The van der Waals surface area contributed by atoms with Crippen LogP contribution < -0.4 is 5.73 Å². The van der Waals surface area contributed by atoms with E-state index in [0.29, 0.717) is 11.8 Å². The van der Waals surface area contributed by atoms with Crippen LogP contribution in [0.25, 0.3) is 0 Å². The van der Waals surface area contributed by atoms with Gasteiger partial charge < -0.3 is 5.73 Å². The Morgan fingerprint density at radius 3 is 2.27 bits per heavy atom. The van der Waals surface area contributed by atoms with Crippen LogP contribution >= 0.6 is 0 Å². The maximum Gasteiger partial charge on any atom is -0.00771 e. The van der Waals surface area contributed by atoms with Crippen molar-refractivity contribution in [2.75, 3.05) is 6.54 Å². The Bertz CT molecular complexity index is 105. The van der Waals surface area contributed by atoms with Crippen molar-refractivity contribution in [3.05, 3.63) is 12.2 Å². The Labute approximate surface area is 70.7 Å². The molecule has 0 saturated carbocycles. The van der Waals surface area contributed by atoms with E-state index < -0.39 is 0 Å². The highest BCUT2D eigenvalue weighted by atomic mass is 14.5. The summed E-state index contributed by atoms with van der Waals surface area (Å²) in [6, 6.07) is 0. The molecule has 1 heteroatoms. The van der Waals surface area contributed by atoms with Crippen molar-refractivity contribution in [3.63, 3.8) is 0 Å². The fourth-order valence-electron chi connectivity index (χ4n) is 0.948. The maximum absolute atomic E-state index is 5.41. The second-order valence-corrected chi connectivity index (χ2v) is 3.54. The molecule has 1 nitrogen and oxygen atoms in total. The molecule has 2 N–H and O–H groups in total. The van der Waals surface area contributed by atoms with Crippen molar-refractivity contribution in [1.82, 2.24) is 0 Å². The van der Waals surface area contributed by atoms with Crippen LogP contribution in [-0.2, 0) is 0 Å². The van der Waals surface area contributed by atoms with Crippen LogP contribution in [0.15, 0.2) is 12.2 Å². The smallest absolute Gasteiger partial charge is 0.00771 e. The summed E-state index contributed by atoms with van der Waals surface area (Å²) in [6.45, 7) is 7.46. The van der Waals surface area contributed by atoms with Crippen molar-refractivity contribution in [3.8, 4) is 0 Å². The SMILES string of the molecule is CC(C)C=CC(C)CCCN. The molecular weight excluding hydrogens is 134 g/mol. The summed E-state index contributed by atoms with van der Waals surface area (Å²) in [4.78, 5) is 0. The second-order valence-electron chi connectivity index (χ2n) is 3.54. The van der Waals surface area contributed by atoms with Crippen LogP contribution in [0.4, 0.5) is 0 Å². The Morgan fingerprint density at radius 2 is 1.82 bits per heavy atom. The van der Waals surface area contributed by atoms with Crippen LogP contribution in [0.1, 0.15) is 33.6 Å². The van der Waals surface area contributed by atoms with Gasteiger partial charge in [-0.2, -0.15) is 0 Å². The molecule has 0 aromatic carbocycles. The van der Waals surface area contributed by atoms with Gasteiger partial charge in [-0.15, -0.1) is 0 Å². The Hall–Kier alpha value is -0.300. The molecule has 0 amide bonds. The number of rotatable bonds is 5. The van der Waals surface area contributed by atoms with Gasteiger partial charge in [0, 0.05) is 0 Å².